The molecule has 0 spiro atoms. The summed E-state index contributed by atoms with van der Waals surface area (Å²) in [5.41, 5.74) is 3.94. The predicted octanol–water partition coefficient (Wildman–Crippen LogP) is 2.63. The van der Waals surface area contributed by atoms with Gasteiger partial charge in [-0.1, -0.05) is 11.6 Å². The number of halogens is 4. The number of hydrogen-bond donors (Lipinski definition) is 1. The molecule has 1 heterocycles. The van der Waals surface area contributed by atoms with Crippen LogP contribution in [-0.4, -0.2) is 10.2 Å². The molecule has 0 amide bonds. The molecule has 1 rings (SSSR count). The van der Waals surface area contributed by atoms with Crippen molar-refractivity contribution in [2.24, 2.45) is 0 Å². The number of carbonyl (C=O) groups excluding carboxylic acids is 1. The Morgan fingerprint density at radius 2 is 2.14 bits per heavy atom. The number of nitrogens with zero attached hydrogens (tertiary/aromatic N) is 1. The second-order valence-corrected chi connectivity index (χ2v) is 3.08. The normalized spacial score (nSPS) is 10.6. The Hall–Kier alpha value is -0.940. The molecule has 3 nitrogen and oxygen atoms in total. The first-order chi connectivity index (χ1) is 6.43. The van der Waals surface area contributed by atoms with Crippen molar-refractivity contribution < 1.29 is 13.6 Å². The minimum absolute atomic E-state index is 0.122. The molecule has 76 valence electrons. The molecule has 1 aromatic rings. The van der Waals surface area contributed by atoms with Gasteiger partial charge in [0, 0.05) is 0 Å². The third-order valence-corrected chi connectivity index (χ3v) is 1.94. The summed E-state index contributed by atoms with van der Waals surface area (Å²) in [7, 11) is 0. The quantitative estimate of drug-likeness (QED) is 0.639. The van der Waals surface area contributed by atoms with Gasteiger partial charge in [0.05, 0.1) is 11.3 Å². The number of hydrogen-bond acceptors (Lipinski definition) is 3. The summed E-state index contributed by atoms with van der Waals surface area (Å²) in [5, 5.41) is -1.32. The highest BCUT2D eigenvalue weighted by Gasteiger charge is 2.20. The van der Waals surface area contributed by atoms with Crippen LogP contribution in [0.5, 0.6) is 0 Å². The number of alkyl halides is 2. The molecule has 1 aromatic heterocycles. The molecule has 0 saturated carbocycles. The number of aromatic nitrogens is 1. The van der Waals surface area contributed by atoms with Crippen LogP contribution in [0.4, 0.5) is 14.5 Å². The van der Waals surface area contributed by atoms with Crippen LogP contribution in [0.2, 0.25) is 5.15 Å². The molecular formula is C7H4Cl2F2N2O. The molecule has 0 atom stereocenters. The summed E-state index contributed by atoms with van der Waals surface area (Å²) in [4.78, 5) is 14.1. The van der Waals surface area contributed by atoms with E-state index in [4.69, 9.17) is 28.9 Å². The smallest absolute Gasteiger partial charge is 0.271 e. The fourth-order valence-corrected chi connectivity index (χ4v) is 1.14. The van der Waals surface area contributed by atoms with Crippen molar-refractivity contribution >= 4 is 34.1 Å². The van der Waals surface area contributed by atoms with Gasteiger partial charge < -0.3 is 5.73 Å². The van der Waals surface area contributed by atoms with Crippen LogP contribution < -0.4 is 5.73 Å². The van der Waals surface area contributed by atoms with Gasteiger partial charge in [0.1, 0.15) is 5.69 Å². The number of nitrogens with two attached hydrogens (primary N) is 1. The molecule has 0 radical (unpaired) electrons. The Morgan fingerprint density at radius 1 is 1.57 bits per heavy atom. The fraction of sp³-hybridized carbons (Fsp3) is 0.143. The van der Waals surface area contributed by atoms with E-state index in [9.17, 15) is 13.6 Å². The first-order valence-electron chi connectivity index (χ1n) is 3.37. The van der Waals surface area contributed by atoms with Gasteiger partial charge >= 0.3 is 0 Å². The van der Waals surface area contributed by atoms with E-state index in [1.807, 2.05) is 0 Å². The highest BCUT2D eigenvalue weighted by Crippen LogP contribution is 2.28. The highest BCUT2D eigenvalue weighted by molar-refractivity contribution is 6.67. The fourth-order valence-electron chi connectivity index (χ4n) is 0.846. The second kappa shape index (κ2) is 4.06. The van der Waals surface area contributed by atoms with Gasteiger partial charge in [-0.3, -0.25) is 4.79 Å². The summed E-state index contributed by atoms with van der Waals surface area (Å²) in [6.45, 7) is 0. The van der Waals surface area contributed by atoms with Crippen LogP contribution in [0.3, 0.4) is 0 Å². The van der Waals surface area contributed by atoms with Crippen LogP contribution in [0.15, 0.2) is 6.07 Å². The van der Waals surface area contributed by atoms with Crippen molar-refractivity contribution in [2.45, 2.75) is 6.43 Å². The molecular weight excluding hydrogens is 237 g/mol. The van der Waals surface area contributed by atoms with Crippen molar-refractivity contribution in [3.63, 3.8) is 0 Å². The van der Waals surface area contributed by atoms with Crippen LogP contribution in [0.25, 0.3) is 0 Å². The van der Waals surface area contributed by atoms with Gasteiger partial charge in [-0.05, 0) is 17.7 Å². The third kappa shape index (κ3) is 2.10. The SMILES string of the molecule is Nc1cc(C(F)F)c(C(=O)Cl)nc1Cl. The van der Waals surface area contributed by atoms with Crippen LogP contribution in [0, 0.1) is 0 Å². The Kier molecular flexibility index (Phi) is 3.23. The molecule has 0 saturated heterocycles. The van der Waals surface area contributed by atoms with E-state index in [1.165, 1.54) is 0 Å². The van der Waals surface area contributed by atoms with E-state index in [-0.39, 0.29) is 10.8 Å². The minimum Gasteiger partial charge on any atom is -0.396 e. The lowest BCUT2D eigenvalue weighted by molar-refractivity contribution is 0.106. The van der Waals surface area contributed by atoms with Crippen LogP contribution in [-0.2, 0) is 0 Å². The first-order valence-corrected chi connectivity index (χ1v) is 4.13. The van der Waals surface area contributed by atoms with Crippen molar-refractivity contribution in [3.8, 4) is 0 Å². The van der Waals surface area contributed by atoms with E-state index >= 15 is 0 Å². The van der Waals surface area contributed by atoms with Gasteiger partial charge in [-0.15, -0.1) is 0 Å². The lowest BCUT2D eigenvalue weighted by atomic mass is 10.2. The summed E-state index contributed by atoms with van der Waals surface area (Å²) in [6.07, 6.45) is -2.88. The Bertz CT molecular complexity index is 384. The monoisotopic (exact) mass is 240 g/mol. The largest absolute Gasteiger partial charge is 0.396 e. The number of rotatable bonds is 2. The third-order valence-electron chi connectivity index (χ3n) is 1.45. The van der Waals surface area contributed by atoms with E-state index in [2.05, 4.69) is 4.98 Å². The molecule has 0 aliphatic heterocycles. The lowest BCUT2D eigenvalue weighted by Gasteiger charge is -2.06. The van der Waals surface area contributed by atoms with E-state index < -0.39 is 22.9 Å². The maximum atomic E-state index is 12.4. The van der Waals surface area contributed by atoms with Crippen molar-refractivity contribution in [1.82, 2.24) is 4.98 Å². The zero-order chi connectivity index (χ0) is 10.9. The molecule has 7 heteroatoms. The predicted molar refractivity (Wildman–Crippen MR) is 48.8 cm³/mol. The molecule has 14 heavy (non-hydrogen) atoms. The van der Waals surface area contributed by atoms with Crippen LogP contribution in [0.1, 0.15) is 22.5 Å². The number of nitrogen functional groups attached to an aromatic ring is 1. The molecule has 0 aromatic carbocycles. The van der Waals surface area contributed by atoms with E-state index in [0.717, 1.165) is 6.07 Å². The van der Waals surface area contributed by atoms with Crippen molar-refractivity contribution in [1.29, 1.82) is 0 Å². The molecule has 0 aliphatic rings. The zero-order valence-corrected chi connectivity index (χ0v) is 8.11. The van der Waals surface area contributed by atoms with E-state index in [1.54, 1.807) is 0 Å². The molecule has 2 N–H and O–H groups in total. The number of anilines is 1. The maximum absolute atomic E-state index is 12.4. The zero-order valence-electron chi connectivity index (χ0n) is 6.60. The number of pyridine rings is 1. The summed E-state index contributed by atoms with van der Waals surface area (Å²) < 4.78 is 24.7. The Morgan fingerprint density at radius 3 is 2.57 bits per heavy atom. The Labute approximate surface area is 87.8 Å². The van der Waals surface area contributed by atoms with Gasteiger partial charge in [-0.25, -0.2) is 13.8 Å². The average Bonchev–Trinajstić information content (AvgIpc) is 2.08. The summed E-state index contributed by atoms with van der Waals surface area (Å²) in [5.74, 6) is 0. The van der Waals surface area contributed by atoms with E-state index in [0.29, 0.717) is 0 Å². The van der Waals surface area contributed by atoms with Gasteiger partial charge in [0.2, 0.25) is 0 Å². The summed E-state index contributed by atoms with van der Waals surface area (Å²) >= 11 is 10.5. The standard InChI is InChI=1S/C7H4Cl2F2N2O/c8-5-3(12)1-2(7(10)11)4(13-5)6(9)14/h1,7H,12H2. The van der Waals surface area contributed by atoms with Crippen molar-refractivity contribution in [2.75, 3.05) is 5.73 Å². The minimum atomic E-state index is -2.88. The topological polar surface area (TPSA) is 56.0 Å². The van der Waals surface area contributed by atoms with Crippen LogP contribution >= 0.6 is 23.2 Å². The number of carbonyl (C=O) groups is 1. The second-order valence-electron chi connectivity index (χ2n) is 2.38. The average molecular weight is 241 g/mol. The molecule has 0 fully saturated rings. The Balaban J connectivity index is 3.39. The van der Waals surface area contributed by atoms with Gasteiger partial charge in [-0.2, -0.15) is 0 Å². The highest BCUT2D eigenvalue weighted by atomic mass is 35.5. The maximum Gasteiger partial charge on any atom is 0.271 e. The summed E-state index contributed by atoms with van der Waals surface area (Å²) in [6, 6.07) is 0.885. The molecule has 0 bridgehead atoms. The van der Waals surface area contributed by atoms with Gasteiger partial charge in [0.25, 0.3) is 11.7 Å². The molecule has 0 aliphatic carbocycles. The first kappa shape index (κ1) is 11.1. The van der Waals surface area contributed by atoms with Crippen molar-refractivity contribution in [3.05, 3.63) is 22.5 Å². The van der Waals surface area contributed by atoms with Gasteiger partial charge in [0.15, 0.2) is 5.15 Å². The lowest BCUT2D eigenvalue weighted by Crippen LogP contribution is -2.04. The molecule has 0 unspecified atom stereocenters.